The first kappa shape index (κ1) is 15.0. The Balaban J connectivity index is 1.92. The second-order valence-corrected chi connectivity index (χ2v) is 4.55. The number of fused-ring (bicyclic) bond motifs is 1. The molecular weight excluding hydrogens is 268 g/mol. The largest absolute Gasteiger partial charge is 0.466 e. The van der Waals surface area contributed by atoms with E-state index in [1.807, 2.05) is 30.3 Å². The molecule has 0 aliphatic rings. The van der Waals surface area contributed by atoms with Crippen molar-refractivity contribution in [1.82, 2.24) is 10.3 Å². The van der Waals surface area contributed by atoms with Gasteiger partial charge in [-0.1, -0.05) is 24.3 Å². The molecule has 2 aromatic rings. The molecular formula is C16H18N2O3. The van der Waals surface area contributed by atoms with Crippen molar-refractivity contribution in [3.63, 3.8) is 0 Å². The van der Waals surface area contributed by atoms with Gasteiger partial charge in [0, 0.05) is 24.5 Å². The summed E-state index contributed by atoms with van der Waals surface area (Å²) >= 11 is 0. The van der Waals surface area contributed by atoms with Crippen LogP contribution in [-0.4, -0.2) is 30.0 Å². The first-order valence-corrected chi connectivity index (χ1v) is 7.00. The molecule has 5 nitrogen and oxygen atoms in total. The van der Waals surface area contributed by atoms with Crippen LogP contribution in [0.15, 0.2) is 36.5 Å². The van der Waals surface area contributed by atoms with Crippen molar-refractivity contribution < 1.29 is 14.3 Å². The van der Waals surface area contributed by atoms with E-state index in [1.165, 1.54) is 0 Å². The molecule has 1 heterocycles. The van der Waals surface area contributed by atoms with Crippen molar-refractivity contribution in [2.24, 2.45) is 0 Å². The molecule has 2 rings (SSSR count). The number of ether oxygens (including phenoxy) is 1. The van der Waals surface area contributed by atoms with E-state index in [2.05, 4.69) is 10.3 Å². The van der Waals surface area contributed by atoms with Gasteiger partial charge in [0.25, 0.3) is 5.91 Å². The Morgan fingerprint density at radius 2 is 2.05 bits per heavy atom. The van der Waals surface area contributed by atoms with Crippen molar-refractivity contribution >= 4 is 22.6 Å². The molecule has 0 spiro atoms. The predicted octanol–water partition coefficient (Wildman–Crippen LogP) is 2.31. The summed E-state index contributed by atoms with van der Waals surface area (Å²) in [6.45, 7) is 2.57. The third kappa shape index (κ3) is 4.02. The van der Waals surface area contributed by atoms with E-state index in [1.54, 1.807) is 13.1 Å². The van der Waals surface area contributed by atoms with Gasteiger partial charge in [-0.15, -0.1) is 0 Å². The maximum Gasteiger partial charge on any atom is 0.305 e. The molecule has 0 radical (unpaired) electrons. The Kier molecular flexibility index (Phi) is 5.26. The number of aromatic nitrogens is 1. The van der Waals surface area contributed by atoms with E-state index < -0.39 is 0 Å². The van der Waals surface area contributed by atoms with Gasteiger partial charge in [0.1, 0.15) is 5.69 Å². The predicted molar refractivity (Wildman–Crippen MR) is 79.9 cm³/mol. The Morgan fingerprint density at radius 3 is 2.86 bits per heavy atom. The van der Waals surface area contributed by atoms with Gasteiger partial charge in [0.05, 0.1) is 6.61 Å². The molecule has 0 bridgehead atoms. The third-order valence-electron chi connectivity index (χ3n) is 3.04. The van der Waals surface area contributed by atoms with Gasteiger partial charge in [0.15, 0.2) is 0 Å². The average molecular weight is 286 g/mol. The number of pyridine rings is 1. The minimum Gasteiger partial charge on any atom is -0.466 e. The number of rotatable bonds is 6. The molecule has 1 amide bonds. The molecule has 1 aromatic heterocycles. The highest BCUT2D eigenvalue weighted by Crippen LogP contribution is 2.15. The van der Waals surface area contributed by atoms with Crippen LogP contribution in [0.5, 0.6) is 0 Å². The van der Waals surface area contributed by atoms with Gasteiger partial charge in [-0.3, -0.25) is 14.6 Å². The van der Waals surface area contributed by atoms with Gasteiger partial charge in [-0.25, -0.2) is 0 Å². The van der Waals surface area contributed by atoms with E-state index in [4.69, 9.17) is 4.74 Å². The number of nitrogens with one attached hydrogen (secondary N) is 1. The van der Waals surface area contributed by atoms with Crippen LogP contribution in [0.4, 0.5) is 0 Å². The van der Waals surface area contributed by atoms with Crippen LogP contribution in [0.2, 0.25) is 0 Å². The molecule has 21 heavy (non-hydrogen) atoms. The molecule has 1 N–H and O–H groups in total. The summed E-state index contributed by atoms with van der Waals surface area (Å²) < 4.78 is 4.83. The maximum atomic E-state index is 12.1. The van der Waals surface area contributed by atoms with Crippen LogP contribution in [-0.2, 0) is 9.53 Å². The molecule has 0 atom stereocenters. The summed E-state index contributed by atoms with van der Waals surface area (Å²) in [4.78, 5) is 27.5. The Morgan fingerprint density at radius 1 is 1.24 bits per heavy atom. The number of benzene rings is 1. The Hall–Kier alpha value is -2.43. The van der Waals surface area contributed by atoms with Crippen LogP contribution in [0, 0.1) is 0 Å². The van der Waals surface area contributed by atoms with Crippen molar-refractivity contribution in [3.8, 4) is 0 Å². The molecule has 0 aliphatic carbocycles. The lowest BCUT2D eigenvalue weighted by Crippen LogP contribution is -2.26. The summed E-state index contributed by atoms with van der Waals surface area (Å²) in [5.74, 6) is -0.467. The highest BCUT2D eigenvalue weighted by molar-refractivity contribution is 6.05. The number of carbonyl (C=O) groups excluding carboxylic acids is 2. The zero-order chi connectivity index (χ0) is 15.1. The van der Waals surface area contributed by atoms with E-state index in [-0.39, 0.29) is 11.9 Å². The van der Waals surface area contributed by atoms with Crippen molar-refractivity contribution in [3.05, 3.63) is 42.2 Å². The lowest BCUT2D eigenvalue weighted by atomic mass is 10.1. The number of hydrogen-bond donors (Lipinski definition) is 1. The Bertz CT molecular complexity index is 635. The van der Waals surface area contributed by atoms with Gasteiger partial charge in [0.2, 0.25) is 0 Å². The van der Waals surface area contributed by atoms with Crippen molar-refractivity contribution in [1.29, 1.82) is 0 Å². The van der Waals surface area contributed by atoms with Crippen molar-refractivity contribution in [2.75, 3.05) is 13.2 Å². The highest BCUT2D eigenvalue weighted by Gasteiger charge is 2.11. The topological polar surface area (TPSA) is 68.3 Å². The van der Waals surface area contributed by atoms with Crippen LogP contribution in [0.25, 0.3) is 10.8 Å². The lowest BCUT2D eigenvalue weighted by molar-refractivity contribution is -0.143. The molecule has 1 aromatic carbocycles. The second-order valence-electron chi connectivity index (χ2n) is 4.55. The molecule has 0 aliphatic heterocycles. The zero-order valence-electron chi connectivity index (χ0n) is 12.0. The number of hydrogen-bond acceptors (Lipinski definition) is 4. The normalized spacial score (nSPS) is 10.3. The first-order chi connectivity index (χ1) is 10.2. The third-order valence-corrected chi connectivity index (χ3v) is 3.04. The number of amides is 1. The minimum absolute atomic E-state index is 0.226. The molecule has 5 heteroatoms. The fraction of sp³-hybridized carbons (Fsp3) is 0.312. The number of carbonyl (C=O) groups is 2. The summed E-state index contributed by atoms with van der Waals surface area (Å²) in [6.07, 6.45) is 2.47. The zero-order valence-corrected chi connectivity index (χ0v) is 12.0. The van der Waals surface area contributed by atoms with Gasteiger partial charge in [-0.2, -0.15) is 0 Å². The molecule has 0 saturated carbocycles. The summed E-state index contributed by atoms with van der Waals surface area (Å²) in [7, 11) is 0. The summed E-state index contributed by atoms with van der Waals surface area (Å²) in [6, 6.07) is 9.47. The van der Waals surface area contributed by atoms with E-state index in [9.17, 15) is 9.59 Å². The van der Waals surface area contributed by atoms with Gasteiger partial charge in [-0.05, 0) is 24.8 Å². The van der Waals surface area contributed by atoms with E-state index in [0.717, 1.165) is 10.8 Å². The standard InChI is InChI=1S/C16H18N2O3/c1-2-21-14(19)8-5-10-18-16(20)15-13-7-4-3-6-12(13)9-11-17-15/h3-4,6-7,9,11H,2,5,8,10H2,1H3,(H,18,20). The molecule has 0 saturated heterocycles. The maximum absolute atomic E-state index is 12.1. The van der Waals surface area contributed by atoms with Crippen molar-refractivity contribution in [2.45, 2.75) is 19.8 Å². The first-order valence-electron chi connectivity index (χ1n) is 7.00. The Labute approximate surface area is 123 Å². The van der Waals surface area contributed by atoms with Crippen LogP contribution < -0.4 is 5.32 Å². The molecule has 0 unspecified atom stereocenters. The molecule has 0 fully saturated rings. The lowest BCUT2D eigenvalue weighted by Gasteiger charge is -2.07. The van der Waals surface area contributed by atoms with E-state index >= 15 is 0 Å². The second kappa shape index (κ2) is 7.38. The average Bonchev–Trinajstić information content (AvgIpc) is 2.51. The fourth-order valence-corrected chi connectivity index (χ4v) is 2.05. The molecule has 110 valence electrons. The minimum atomic E-state index is -0.241. The smallest absolute Gasteiger partial charge is 0.305 e. The van der Waals surface area contributed by atoms with E-state index in [0.29, 0.717) is 31.7 Å². The monoisotopic (exact) mass is 286 g/mol. The highest BCUT2D eigenvalue weighted by atomic mass is 16.5. The quantitative estimate of drug-likeness (QED) is 0.653. The van der Waals surface area contributed by atoms with Crippen LogP contribution in [0.3, 0.4) is 0 Å². The fourth-order valence-electron chi connectivity index (χ4n) is 2.05. The van der Waals surface area contributed by atoms with Gasteiger partial charge < -0.3 is 10.1 Å². The number of nitrogens with zero attached hydrogens (tertiary/aromatic N) is 1. The van der Waals surface area contributed by atoms with Gasteiger partial charge >= 0.3 is 5.97 Å². The summed E-state index contributed by atoms with van der Waals surface area (Å²) in [5.41, 5.74) is 0.407. The summed E-state index contributed by atoms with van der Waals surface area (Å²) in [5, 5.41) is 4.58. The number of esters is 1. The van der Waals surface area contributed by atoms with Crippen LogP contribution in [0.1, 0.15) is 30.3 Å². The SMILES string of the molecule is CCOC(=O)CCCNC(=O)c1nccc2ccccc12. The van der Waals surface area contributed by atoms with Crippen LogP contribution >= 0.6 is 0 Å².